The molecule has 0 aliphatic heterocycles. The number of hydrogen-bond donors (Lipinski definition) is 3. The first kappa shape index (κ1) is 13.1. The van der Waals surface area contributed by atoms with Crippen LogP contribution in [0, 0.1) is 0 Å². The molecule has 3 N–H and O–H groups in total. The molecule has 17 heavy (non-hydrogen) atoms. The topological polar surface area (TPSA) is 108 Å². The number of carbonyl (C=O) groups is 2. The number of hydrogen-bond acceptors (Lipinski definition) is 4. The number of aryl methyl sites for hydroxylation is 1. The third kappa shape index (κ3) is 4.21. The number of nitrogens with zero attached hydrogens (tertiary/aromatic N) is 2. The van der Waals surface area contributed by atoms with E-state index in [1.165, 1.54) is 0 Å². The second kappa shape index (κ2) is 5.97. The SMILES string of the molecule is CCc1nc(C(=O)NC(C)CCC(=O)O)n[nH]1. The van der Waals surface area contributed by atoms with Gasteiger partial charge in [-0.05, 0) is 13.3 Å². The molecular weight excluding hydrogens is 224 g/mol. The van der Waals surface area contributed by atoms with E-state index in [1.54, 1.807) is 6.92 Å². The van der Waals surface area contributed by atoms with Crippen LogP contribution in [0.1, 0.15) is 43.1 Å². The predicted molar refractivity (Wildman–Crippen MR) is 59.6 cm³/mol. The summed E-state index contributed by atoms with van der Waals surface area (Å²) in [5, 5.41) is 17.6. The Labute approximate surface area is 98.6 Å². The quantitative estimate of drug-likeness (QED) is 0.665. The van der Waals surface area contributed by atoms with Crippen molar-refractivity contribution in [2.45, 2.75) is 39.2 Å². The molecule has 1 heterocycles. The zero-order chi connectivity index (χ0) is 12.8. The molecule has 0 aliphatic rings. The molecule has 1 rings (SSSR count). The van der Waals surface area contributed by atoms with Crippen LogP contribution in [-0.2, 0) is 11.2 Å². The molecule has 0 saturated heterocycles. The third-order valence-electron chi connectivity index (χ3n) is 2.24. The molecule has 0 fully saturated rings. The van der Waals surface area contributed by atoms with Crippen molar-refractivity contribution >= 4 is 11.9 Å². The molecule has 1 aromatic heterocycles. The fraction of sp³-hybridized carbons (Fsp3) is 0.600. The molecule has 1 unspecified atom stereocenters. The highest BCUT2D eigenvalue weighted by Gasteiger charge is 2.14. The number of nitrogens with one attached hydrogen (secondary N) is 2. The lowest BCUT2D eigenvalue weighted by Crippen LogP contribution is -2.33. The van der Waals surface area contributed by atoms with Gasteiger partial charge in [0.05, 0.1) is 0 Å². The van der Waals surface area contributed by atoms with Gasteiger partial charge < -0.3 is 10.4 Å². The Bertz CT molecular complexity index is 402. The normalized spacial score (nSPS) is 12.1. The van der Waals surface area contributed by atoms with E-state index in [2.05, 4.69) is 20.5 Å². The summed E-state index contributed by atoms with van der Waals surface area (Å²) in [7, 11) is 0. The van der Waals surface area contributed by atoms with E-state index in [0.717, 1.165) is 0 Å². The van der Waals surface area contributed by atoms with E-state index in [1.807, 2.05) is 6.92 Å². The monoisotopic (exact) mass is 240 g/mol. The van der Waals surface area contributed by atoms with Gasteiger partial charge in [-0.1, -0.05) is 6.92 Å². The molecule has 0 saturated carbocycles. The Balaban J connectivity index is 2.45. The van der Waals surface area contributed by atoms with Crippen LogP contribution in [0.3, 0.4) is 0 Å². The van der Waals surface area contributed by atoms with Crippen LogP contribution in [0.15, 0.2) is 0 Å². The Morgan fingerprint density at radius 1 is 1.53 bits per heavy atom. The standard InChI is InChI=1S/C10H16N4O3/c1-3-7-12-9(14-13-7)10(17)11-6(2)4-5-8(15)16/h6H,3-5H2,1-2H3,(H,11,17)(H,15,16)(H,12,13,14). The van der Waals surface area contributed by atoms with Crippen LogP contribution < -0.4 is 5.32 Å². The maximum atomic E-state index is 11.6. The maximum absolute atomic E-state index is 11.6. The lowest BCUT2D eigenvalue weighted by Gasteiger charge is -2.10. The summed E-state index contributed by atoms with van der Waals surface area (Å²) in [5.74, 6) is -0.534. The Morgan fingerprint density at radius 3 is 2.76 bits per heavy atom. The zero-order valence-corrected chi connectivity index (χ0v) is 9.86. The number of aliphatic carboxylic acids is 1. The lowest BCUT2D eigenvalue weighted by molar-refractivity contribution is -0.137. The second-order valence-corrected chi connectivity index (χ2v) is 3.77. The Hall–Kier alpha value is -1.92. The van der Waals surface area contributed by atoms with Crippen LogP contribution in [0.5, 0.6) is 0 Å². The van der Waals surface area contributed by atoms with E-state index >= 15 is 0 Å². The third-order valence-corrected chi connectivity index (χ3v) is 2.24. The van der Waals surface area contributed by atoms with E-state index in [0.29, 0.717) is 18.7 Å². The van der Waals surface area contributed by atoms with Gasteiger partial charge in [-0.3, -0.25) is 14.7 Å². The molecule has 94 valence electrons. The average molecular weight is 240 g/mol. The molecule has 0 bridgehead atoms. The van der Waals surface area contributed by atoms with Gasteiger partial charge in [0, 0.05) is 18.9 Å². The molecule has 1 amide bonds. The molecule has 0 spiro atoms. The highest BCUT2D eigenvalue weighted by atomic mass is 16.4. The van der Waals surface area contributed by atoms with Crippen molar-refractivity contribution in [2.24, 2.45) is 0 Å². The smallest absolute Gasteiger partial charge is 0.303 e. The van der Waals surface area contributed by atoms with Crippen molar-refractivity contribution < 1.29 is 14.7 Å². The van der Waals surface area contributed by atoms with Gasteiger partial charge in [0.1, 0.15) is 5.82 Å². The Morgan fingerprint density at radius 2 is 2.24 bits per heavy atom. The fourth-order valence-corrected chi connectivity index (χ4v) is 1.26. The lowest BCUT2D eigenvalue weighted by atomic mass is 10.2. The van der Waals surface area contributed by atoms with Gasteiger partial charge >= 0.3 is 5.97 Å². The summed E-state index contributed by atoms with van der Waals surface area (Å²) >= 11 is 0. The molecule has 0 aliphatic carbocycles. The van der Waals surface area contributed by atoms with Crippen molar-refractivity contribution in [1.82, 2.24) is 20.5 Å². The number of carboxylic acid groups (broad SMARTS) is 1. The summed E-state index contributed by atoms with van der Waals surface area (Å²) in [6.07, 6.45) is 1.08. The molecular formula is C10H16N4O3. The number of H-pyrrole nitrogens is 1. The van der Waals surface area contributed by atoms with E-state index < -0.39 is 5.97 Å². The van der Waals surface area contributed by atoms with Gasteiger partial charge in [-0.2, -0.15) is 0 Å². The summed E-state index contributed by atoms with van der Waals surface area (Å²) in [5.41, 5.74) is 0. The number of aromatic amines is 1. The highest BCUT2D eigenvalue weighted by Crippen LogP contribution is 1.99. The van der Waals surface area contributed by atoms with Crippen molar-refractivity contribution in [2.75, 3.05) is 0 Å². The zero-order valence-electron chi connectivity index (χ0n) is 9.86. The van der Waals surface area contributed by atoms with Gasteiger partial charge in [0.25, 0.3) is 5.91 Å². The van der Waals surface area contributed by atoms with E-state index in [4.69, 9.17) is 5.11 Å². The van der Waals surface area contributed by atoms with Crippen molar-refractivity contribution in [3.63, 3.8) is 0 Å². The van der Waals surface area contributed by atoms with Gasteiger partial charge in [0.15, 0.2) is 0 Å². The summed E-state index contributed by atoms with van der Waals surface area (Å²) in [6, 6.07) is -0.220. The maximum Gasteiger partial charge on any atom is 0.303 e. The summed E-state index contributed by atoms with van der Waals surface area (Å²) < 4.78 is 0. The van der Waals surface area contributed by atoms with Gasteiger partial charge in [0.2, 0.25) is 5.82 Å². The van der Waals surface area contributed by atoms with Crippen LogP contribution in [0.25, 0.3) is 0 Å². The van der Waals surface area contributed by atoms with Crippen molar-refractivity contribution in [3.8, 4) is 0 Å². The molecule has 1 atom stereocenters. The minimum Gasteiger partial charge on any atom is -0.481 e. The van der Waals surface area contributed by atoms with Crippen LogP contribution in [0.4, 0.5) is 0 Å². The minimum absolute atomic E-state index is 0.0235. The van der Waals surface area contributed by atoms with Crippen molar-refractivity contribution in [3.05, 3.63) is 11.6 Å². The summed E-state index contributed by atoms with van der Waals surface area (Å²) in [4.78, 5) is 26.0. The Kier molecular flexibility index (Phi) is 4.62. The molecule has 7 heteroatoms. The number of aromatic nitrogens is 3. The van der Waals surface area contributed by atoms with Crippen LogP contribution in [-0.4, -0.2) is 38.2 Å². The predicted octanol–water partition coefficient (Wildman–Crippen LogP) is 0.350. The number of amides is 1. The number of rotatable bonds is 6. The summed E-state index contributed by atoms with van der Waals surface area (Å²) in [6.45, 7) is 3.64. The first-order valence-corrected chi connectivity index (χ1v) is 5.46. The van der Waals surface area contributed by atoms with Crippen LogP contribution >= 0.6 is 0 Å². The first-order valence-electron chi connectivity index (χ1n) is 5.46. The molecule has 0 radical (unpaired) electrons. The minimum atomic E-state index is -0.878. The van der Waals surface area contributed by atoms with Crippen molar-refractivity contribution in [1.29, 1.82) is 0 Å². The molecule has 7 nitrogen and oxygen atoms in total. The van der Waals surface area contributed by atoms with E-state index in [9.17, 15) is 9.59 Å². The average Bonchev–Trinajstić information content (AvgIpc) is 2.74. The molecule has 0 aromatic carbocycles. The largest absolute Gasteiger partial charge is 0.481 e. The van der Waals surface area contributed by atoms with Gasteiger partial charge in [-0.25, -0.2) is 4.98 Å². The van der Waals surface area contributed by atoms with E-state index in [-0.39, 0.29) is 24.2 Å². The van der Waals surface area contributed by atoms with Gasteiger partial charge in [-0.15, -0.1) is 5.10 Å². The highest BCUT2D eigenvalue weighted by molar-refractivity contribution is 5.90. The fourth-order valence-electron chi connectivity index (χ4n) is 1.26. The first-order chi connectivity index (χ1) is 8.02. The number of carboxylic acids is 1. The second-order valence-electron chi connectivity index (χ2n) is 3.77. The number of carbonyl (C=O) groups excluding carboxylic acids is 1. The van der Waals surface area contributed by atoms with Crippen LogP contribution in [0.2, 0.25) is 0 Å². The molecule has 1 aromatic rings.